The number of amides is 1. The number of H-pyrrole nitrogens is 1. The number of aromatic amines is 1. The maximum Gasteiger partial charge on any atom is 0.270 e. The fraction of sp³-hybridized carbons (Fsp3) is 0.158. The van der Waals surface area contributed by atoms with Crippen molar-refractivity contribution in [3.8, 4) is 0 Å². The number of hydrogen-bond acceptors (Lipinski definition) is 5. The van der Waals surface area contributed by atoms with Crippen LogP contribution in [0.4, 0.5) is 0 Å². The van der Waals surface area contributed by atoms with Gasteiger partial charge in [-0.25, -0.2) is 10.4 Å². The Morgan fingerprint density at radius 2 is 2.00 bits per heavy atom. The van der Waals surface area contributed by atoms with E-state index in [0.29, 0.717) is 16.7 Å². The molecule has 0 unspecified atom stereocenters. The van der Waals surface area contributed by atoms with Gasteiger partial charge in [0.2, 0.25) is 5.91 Å². The number of aromatic nitrogens is 2. The quantitative estimate of drug-likeness (QED) is 0.399. The summed E-state index contributed by atoms with van der Waals surface area (Å²) in [5.74, 6) is -0.267. The molecular weight excluding hydrogens is 348 g/mol. The van der Waals surface area contributed by atoms with E-state index >= 15 is 0 Å². The molecule has 2 N–H and O–H groups in total. The molecular formula is C19H18N4O2S. The number of nitrogens with zero attached hydrogens (tertiary/aromatic N) is 2. The SMILES string of the molecule is CSc1ccc(/C=N/NC(=O)CCc2nc3ccccc3[nH]c2=O)cc1. The number of aryl methyl sites for hydroxylation is 1. The Kier molecular flexibility index (Phi) is 5.80. The number of carbonyl (C=O) groups excluding carboxylic acids is 1. The molecule has 0 saturated heterocycles. The molecule has 2 aromatic carbocycles. The molecule has 1 amide bonds. The van der Waals surface area contributed by atoms with Gasteiger partial charge in [-0.2, -0.15) is 5.10 Å². The number of benzene rings is 2. The smallest absolute Gasteiger partial charge is 0.270 e. The molecule has 3 aromatic rings. The number of carbonyl (C=O) groups is 1. The van der Waals surface area contributed by atoms with Crippen LogP contribution in [-0.2, 0) is 11.2 Å². The molecule has 0 aliphatic heterocycles. The molecule has 26 heavy (non-hydrogen) atoms. The van der Waals surface area contributed by atoms with Gasteiger partial charge in [0.15, 0.2) is 0 Å². The largest absolute Gasteiger partial charge is 0.319 e. The lowest BCUT2D eigenvalue weighted by Gasteiger charge is -2.02. The molecule has 132 valence electrons. The van der Waals surface area contributed by atoms with Crippen molar-refractivity contribution in [3.05, 3.63) is 70.1 Å². The number of fused-ring (bicyclic) bond motifs is 1. The first-order chi connectivity index (χ1) is 12.7. The zero-order chi connectivity index (χ0) is 18.4. The van der Waals surface area contributed by atoms with E-state index < -0.39 is 0 Å². The highest BCUT2D eigenvalue weighted by Crippen LogP contribution is 2.13. The lowest BCUT2D eigenvalue weighted by atomic mass is 10.2. The van der Waals surface area contributed by atoms with Crippen molar-refractivity contribution in [2.75, 3.05) is 6.26 Å². The molecule has 6 nitrogen and oxygen atoms in total. The number of nitrogens with one attached hydrogen (secondary N) is 2. The molecule has 3 rings (SSSR count). The number of para-hydroxylation sites is 2. The Morgan fingerprint density at radius 3 is 2.77 bits per heavy atom. The summed E-state index contributed by atoms with van der Waals surface area (Å²) in [5, 5.41) is 3.94. The second kappa shape index (κ2) is 8.44. The van der Waals surface area contributed by atoms with Crippen LogP contribution < -0.4 is 11.0 Å². The summed E-state index contributed by atoms with van der Waals surface area (Å²) in [6.07, 6.45) is 3.99. The van der Waals surface area contributed by atoms with E-state index in [1.165, 1.54) is 4.90 Å². The van der Waals surface area contributed by atoms with Crippen molar-refractivity contribution in [2.24, 2.45) is 5.10 Å². The highest BCUT2D eigenvalue weighted by molar-refractivity contribution is 7.98. The van der Waals surface area contributed by atoms with Gasteiger partial charge in [-0.05, 0) is 36.1 Å². The topological polar surface area (TPSA) is 87.2 Å². The van der Waals surface area contributed by atoms with Crippen molar-refractivity contribution in [2.45, 2.75) is 17.7 Å². The first-order valence-corrected chi connectivity index (χ1v) is 9.32. The van der Waals surface area contributed by atoms with Crippen molar-refractivity contribution in [1.29, 1.82) is 0 Å². The van der Waals surface area contributed by atoms with Crippen LogP contribution in [0.2, 0.25) is 0 Å². The van der Waals surface area contributed by atoms with E-state index in [1.807, 2.05) is 48.7 Å². The van der Waals surface area contributed by atoms with Gasteiger partial charge < -0.3 is 4.98 Å². The minimum atomic E-state index is -0.270. The average Bonchev–Trinajstić information content (AvgIpc) is 2.67. The zero-order valence-corrected chi connectivity index (χ0v) is 15.0. The van der Waals surface area contributed by atoms with Crippen LogP contribution in [0.15, 0.2) is 63.3 Å². The molecule has 0 atom stereocenters. The third-order valence-corrected chi connectivity index (χ3v) is 4.52. The van der Waals surface area contributed by atoms with Gasteiger partial charge in [0.1, 0.15) is 5.69 Å². The maximum atomic E-state index is 12.0. The Morgan fingerprint density at radius 1 is 1.23 bits per heavy atom. The van der Waals surface area contributed by atoms with E-state index in [-0.39, 0.29) is 24.3 Å². The number of hydrazone groups is 1. The lowest BCUT2D eigenvalue weighted by Crippen LogP contribution is -2.21. The third kappa shape index (κ3) is 4.58. The van der Waals surface area contributed by atoms with Crippen LogP contribution >= 0.6 is 11.8 Å². The molecule has 1 heterocycles. The molecule has 0 saturated carbocycles. The first-order valence-electron chi connectivity index (χ1n) is 8.09. The summed E-state index contributed by atoms with van der Waals surface area (Å²) in [7, 11) is 0. The first kappa shape index (κ1) is 17.9. The Labute approximate surface area is 154 Å². The predicted molar refractivity (Wildman–Crippen MR) is 105 cm³/mol. The number of thioether (sulfide) groups is 1. The fourth-order valence-electron chi connectivity index (χ4n) is 2.39. The van der Waals surface area contributed by atoms with Gasteiger partial charge in [0.05, 0.1) is 17.2 Å². The summed E-state index contributed by atoms with van der Waals surface area (Å²) in [4.78, 5) is 32.2. The Bertz CT molecular complexity index is 996. The van der Waals surface area contributed by atoms with E-state index in [1.54, 1.807) is 24.0 Å². The van der Waals surface area contributed by atoms with Crippen LogP contribution in [0.25, 0.3) is 11.0 Å². The summed E-state index contributed by atoms with van der Waals surface area (Å²) < 4.78 is 0. The van der Waals surface area contributed by atoms with Crippen molar-refractivity contribution in [1.82, 2.24) is 15.4 Å². The van der Waals surface area contributed by atoms with Crippen LogP contribution in [0.1, 0.15) is 17.7 Å². The van der Waals surface area contributed by atoms with E-state index in [2.05, 4.69) is 20.5 Å². The van der Waals surface area contributed by atoms with Crippen molar-refractivity contribution in [3.63, 3.8) is 0 Å². The predicted octanol–water partition coefficient (Wildman–Crippen LogP) is 2.73. The average molecular weight is 366 g/mol. The fourth-order valence-corrected chi connectivity index (χ4v) is 2.80. The van der Waals surface area contributed by atoms with Crippen LogP contribution in [-0.4, -0.2) is 28.3 Å². The standard InChI is InChI=1S/C19H18N4O2S/c1-26-14-8-6-13(7-9-14)12-20-23-18(24)11-10-17-19(25)22-16-5-3-2-4-15(16)21-17/h2-9,12H,10-11H2,1H3,(H,22,25)(H,23,24)/b20-12+. The molecule has 0 spiro atoms. The summed E-state index contributed by atoms with van der Waals surface area (Å²) in [6, 6.07) is 15.1. The second-order valence-corrected chi connectivity index (χ2v) is 6.48. The molecule has 0 fully saturated rings. The van der Waals surface area contributed by atoms with Gasteiger partial charge in [-0.15, -0.1) is 11.8 Å². The second-order valence-electron chi connectivity index (χ2n) is 5.60. The Balaban J connectivity index is 1.56. The van der Waals surface area contributed by atoms with Gasteiger partial charge in [-0.3, -0.25) is 9.59 Å². The summed E-state index contributed by atoms with van der Waals surface area (Å²) in [5.41, 5.74) is 4.83. The summed E-state index contributed by atoms with van der Waals surface area (Å²) in [6.45, 7) is 0. The van der Waals surface area contributed by atoms with Crippen LogP contribution in [0.5, 0.6) is 0 Å². The number of rotatable bonds is 6. The van der Waals surface area contributed by atoms with Crippen LogP contribution in [0.3, 0.4) is 0 Å². The van der Waals surface area contributed by atoms with Crippen molar-refractivity contribution < 1.29 is 4.79 Å². The monoisotopic (exact) mass is 366 g/mol. The van der Waals surface area contributed by atoms with E-state index in [4.69, 9.17) is 0 Å². The molecule has 0 aliphatic rings. The third-order valence-electron chi connectivity index (χ3n) is 3.78. The van der Waals surface area contributed by atoms with Gasteiger partial charge in [0.25, 0.3) is 5.56 Å². The van der Waals surface area contributed by atoms with E-state index in [9.17, 15) is 9.59 Å². The van der Waals surface area contributed by atoms with Crippen molar-refractivity contribution >= 4 is 34.9 Å². The van der Waals surface area contributed by atoms with E-state index in [0.717, 1.165) is 5.56 Å². The summed E-state index contributed by atoms with van der Waals surface area (Å²) >= 11 is 1.66. The molecule has 1 aromatic heterocycles. The van der Waals surface area contributed by atoms with Gasteiger partial charge in [-0.1, -0.05) is 24.3 Å². The van der Waals surface area contributed by atoms with Crippen LogP contribution in [0, 0.1) is 0 Å². The van der Waals surface area contributed by atoms with Gasteiger partial charge >= 0.3 is 0 Å². The molecule has 0 radical (unpaired) electrons. The number of hydrogen-bond donors (Lipinski definition) is 2. The highest BCUT2D eigenvalue weighted by atomic mass is 32.2. The normalized spacial score (nSPS) is 11.1. The molecule has 0 aliphatic carbocycles. The minimum absolute atomic E-state index is 0.136. The molecule has 7 heteroatoms. The highest BCUT2D eigenvalue weighted by Gasteiger charge is 2.07. The Hall–Kier alpha value is -2.93. The van der Waals surface area contributed by atoms with Gasteiger partial charge in [0, 0.05) is 17.7 Å². The molecule has 0 bridgehead atoms. The zero-order valence-electron chi connectivity index (χ0n) is 14.2. The minimum Gasteiger partial charge on any atom is -0.319 e. The lowest BCUT2D eigenvalue weighted by molar-refractivity contribution is -0.121. The maximum absolute atomic E-state index is 12.0.